The Kier molecular flexibility index (Phi) is 8.35. The molecule has 3 heterocycles. The molecule has 16 nitrogen and oxygen atoms in total. The number of nitrogens with zero attached hydrogens (tertiary/aromatic N) is 1. The van der Waals surface area contributed by atoms with Gasteiger partial charge in [-0.25, -0.2) is 9.11 Å². The highest BCUT2D eigenvalue weighted by molar-refractivity contribution is 7.59. The summed E-state index contributed by atoms with van der Waals surface area (Å²) >= 11 is 0. The average molecular weight is 530 g/mol. The molecule has 2 unspecified atom stereocenters. The Labute approximate surface area is 191 Å². The second kappa shape index (κ2) is 10.4. The Bertz CT molecular complexity index is 1080. The largest absolute Gasteiger partial charge is 0.756 e. The molecular formula is C16H24N2O14P2-2. The minimum absolute atomic E-state index is 0.155. The molecule has 194 valence electrons. The smallest absolute Gasteiger partial charge is 0.330 e. The molecule has 0 bridgehead atoms. The van der Waals surface area contributed by atoms with Crippen molar-refractivity contribution in [3.05, 3.63) is 32.6 Å². The lowest BCUT2D eigenvalue weighted by atomic mass is 10.0. The zero-order valence-corrected chi connectivity index (χ0v) is 19.7. The number of aryl methyl sites for hydroxylation is 1. The van der Waals surface area contributed by atoms with Gasteiger partial charge in [-0.05, 0) is 13.8 Å². The minimum atomic E-state index is -5.56. The Morgan fingerprint density at radius 1 is 1.15 bits per heavy atom. The summed E-state index contributed by atoms with van der Waals surface area (Å²) in [5.41, 5.74) is -1.22. The van der Waals surface area contributed by atoms with E-state index in [4.69, 9.17) is 9.47 Å². The summed E-state index contributed by atoms with van der Waals surface area (Å²) in [6, 6.07) is 0. The summed E-state index contributed by atoms with van der Waals surface area (Å²) in [5, 5.41) is 29.4. The van der Waals surface area contributed by atoms with Crippen LogP contribution in [-0.4, -0.2) is 68.3 Å². The second-order valence-corrected chi connectivity index (χ2v) is 10.8. The lowest BCUT2D eigenvalue weighted by Crippen LogP contribution is -2.47. The van der Waals surface area contributed by atoms with Crippen LogP contribution in [0.2, 0.25) is 0 Å². The van der Waals surface area contributed by atoms with Crippen molar-refractivity contribution in [2.75, 3.05) is 6.61 Å². The summed E-state index contributed by atoms with van der Waals surface area (Å²) in [6.07, 6.45) is -8.36. The third kappa shape index (κ3) is 6.69. The molecule has 3 rings (SSSR count). The van der Waals surface area contributed by atoms with Crippen molar-refractivity contribution >= 4 is 15.6 Å². The van der Waals surface area contributed by atoms with E-state index in [-0.39, 0.29) is 12.0 Å². The standard InChI is InChI=1S/C16H26N2O14P2/c1-7-5-18(16(23)17-15(7)22)12-3-9(19)11(30-12)6-28-33(24,25)32-34(26,27)31-13-4-10(20)14(21)8(2)29-13/h5,8-14,19-21H,3-4,6H2,1-2H3,(H,24,25)(H,26,27)(H,17,22,23)/p-2/t8-,9-,10+,11+,12+,13+,14-/m0/s1. The van der Waals surface area contributed by atoms with Crippen LogP contribution in [0, 0.1) is 6.92 Å². The number of ether oxygens (including phenoxy) is 2. The quantitative estimate of drug-likeness (QED) is 0.251. The molecule has 2 aliphatic heterocycles. The first-order valence-electron chi connectivity index (χ1n) is 10.0. The van der Waals surface area contributed by atoms with Crippen LogP contribution >= 0.6 is 15.6 Å². The van der Waals surface area contributed by atoms with Crippen LogP contribution in [0.15, 0.2) is 15.8 Å². The number of aliphatic hydroxyl groups is 3. The normalized spacial score (nSPS) is 35.6. The van der Waals surface area contributed by atoms with Gasteiger partial charge in [0.1, 0.15) is 18.4 Å². The first kappa shape index (κ1) is 27.3. The van der Waals surface area contributed by atoms with Crippen molar-refractivity contribution in [1.82, 2.24) is 9.55 Å². The third-order valence-corrected chi connectivity index (χ3v) is 7.74. The Morgan fingerprint density at radius 3 is 2.47 bits per heavy atom. The Morgan fingerprint density at radius 2 is 1.82 bits per heavy atom. The van der Waals surface area contributed by atoms with Crippen LogP contribution < -0.4 is 21.0 Å². The molecule has 0 aliphatic carbocycles. The van der Waals surface area contributed by atoms with Gasteiger partial charge in [-0.15, -0.1) is 0 Å². The highest BCUT2D eigenvalue weighted by Crippen LogP contribution is 2.57. The van der Waals surface area contributed by atoms with Crippen LogP contribution in [0.1, 0.15) is 31.6 Å². The lowest BCUT2D eigenvalue weighted by Gasteiger charge is -2.38. The fourth-order valence-electron chi connectivity index (χ4n) is 3.40. The molecule has 34 heavy (non-hydrogen) atoms. The minimum Gasteiger partial charge on any atom is -0.756 e. The number of H-pyrrole nitrogens is 1. The molecule has 0 aromatic carbocycles. The monoisotopic (exact) mass is 530 g/mol. The van der Waals surface area contributed by atoms with Crippen LogP contribution in [0.5, 0.6) is 0 Å². The molecule has 1 aromatic heterocycles. The van der Waals surface area contributed by atoms with Gasteiger partial charge < -0.3 is 39.1 Å². The predicted octanol–water partition coefficient (Wildman–Crippen LogP) is -2.66. The van der Waals surface area contributed by atoms with Gasteiger partial charge in [-0.2, -0.15) is 0 Å². The van der Waals surface area contributed by atoms with Crippen molar-refractivity contribution in [3.8, 4) is 0 Å². The maximum atomic E-state index is 12.0. The van der Waals surface area contributed by atoms with Crippen molar-refractivity contribution in [2.24, 2.45) is 0 Å². The maximum Gasteiger partial charge on any atom is 0.330 e. The molecule has 2 aliphatic rings. The van der Waals surface area contributed by atoms with Gasteiger partial charge in [0.05, 0.1) is 24.9 Å². The van der Waals surface area contributed by atoms with Crippen molar-refractivity contribution in [1.29, 1.82) is 0 Å². The van der Waals surface area contributed by atoms with Crippen molar-refractivity contribution in [2.45, 2.75) is 69.7 Å². The topological polar surface area (TPSA) is 242 Å². The summed E-state index contributed by atoms with van der Waals surface area (Å²) in [4.78, 5) is 49.5. The Hall–Kier alpha value is -1.26. The predicted molar refractivity (Wildman–Crippen MR) is 105 cm³/mol. The summed E-state index contributed by atoms with van der Waals surface area (Å²) in [7, 11) is -11.1. The molecule has 4 N–H and O–H groups in total. The molecule has 18 heteroatoms. The number of phosphoric ester groups is 2. The highest BCUT2D eigenvalue weighted by Gasteiger charge is 2.39. The van der Waals surface area contributed by atoms with Crippen LogP contribution in [-0.2, 0) is 32.0 Å². The van der Waals surface area contributed by atoms with Gasteiger partial charge in [-0.1, -0.05) is 0 Å². The fourth-order valence-corrected chi connectivity index (χ4v) is 5.48. The Balaban J connectivity index is 1.56. The molecular weight excluding hydrogens is 506 g/mol. The van der Waals surface area contributed by atoms with E-state index in [0.29, 0.717) is 0 Å². The number of aliphatic hydroxyl groups excluding tert-OH is 3. The molecule has 0 saturated carbocycles. The summed E-state index contributed by atoms with van der Waals surface area (Å²) < 4.78 is 48.4. The van der Waals surface area contributed by atoms with Gasteiger partial charge in [-0.3, -0.25) is 28.0 Å². The van der Waals surface area contributed by atoms with E-state index >= 15 is 0 Å². The molecule has 2 fully saturated rings. The SMILES string of the molecule is Cc1cn([C@H]2C[C@H](O)[C@@H](COP(=O)([O-])OP(=O)([O-])O[C@@H]3C[C@@H](O)[C@@H](O)[C@H](C)O3)O2)c(=O)[nH]c1=O. The molecule has 0 spiro atoms. The van der Waals surface area contributed by atoms with E-state index in [1.54, 1.807) is 0 Å². The first-order chi connectivity index (χ1) is 15.7. The summed E-state index contributed by atoms with van der Waals surface area (Å²) in [5.74, 6) is 0. The van der Waals surface area contributed by atoms with Crippen LogP contribution in [0.4, 0.5) is 0 Å². The molecule has 9 atom stereocenters. The fraction of sp³-hybridized carbons (Fsp3) is 0.750. The molecule has 0 radical (unpaired) electrons. The van der Waals surface area contributed by atoms with Gasteiger partial charge in [0.25, 0.3) is 21.2 Å². The van der Waals surface area contributed by atoms with E-state index in [9.17, 15) is 43.8 Å². The number of rotatable bonds is 8. The van der Waals surface area contributed by atoms with Crippen molar-refractivity contribution in [3.63, 3.8) is 0 Å². The lowest BCUT2D eigenvalue weighted by molar-refractivity contribution is -0.273. The number of aromatic amines is 1. The van der Waals surface area contributed by atoms with Gasteiger partial charge in [0.2, 0.25) is 0 Å². The molecule has 0 amide bonds. The zero-order valence-electron chi connectivity index (χ0n) is 17.9. The third-order valence-electron chi connectivity index (χ3n) is 5.18. The highest BCUT2D eigenvalue weighted by atomic mass is 31.3. The maximum absolute atomic E-state index is 12.0. The number of aromatic nitrogens is 2. The molecule has 2 saturated heterocycles. The number of hydrogen-bond acceptors (Lipinski definition) is 14. The average Bonchev–Trinajstić information content (AvgIpc) is 3.06. The number of hydrogen-bond donors (Lipinski definition) is 4. The van der Waals surface area contributed by atoms with E-state index in [1.165, 1.54) is 20.0 Å². The first-order valence-corrected chi connectivity index (χ1v) is 12.9. The number of phosphoric acid groups is 2. The molecule has 1 aromatic rings. The van der Waals surface area contributed by atoms with Gasteiger partial charge in [0, 0.05) is 24.6 Å². The van der Waals surface area contributed by atoms with E-state index in [1.807, 2.05) is 0 Å². The van der Waals surface area contributed by atoms with Crippen molar-refractivity contribution < 1.29 is 57.1 Å². The van der Waals surface area contributed by atoms with Gasteiger partial charge >= 0.3 is 5.69 Å². The van der Waals surface area contributed by atoms with E-state index in [2.05, 4.69) is 18.3 Å². The zero-order chi connectivity index (χ0) is 25.4. The van der Waals surface area contributed by atoms with E-state index < -0.39 is 83.0 Å². The number of nitrogens with one attached hydrogen (secondary N) is 1. The summed E-state index contributed by atoms with van der Waals surface area (Å²) in [6.45, 7) is 1.92. The second-order valence-electron chi connectivity index (χ2n) is 7.85. The van der Waals surface area contributed by atoms with Crippen LogP contribution in [0.3, 0.4) is 0 Å². The van der Waals surface area contributed by atoms with Crippen LogP contribution in [0.25, 0.3) is 0 Å². The van der Waals surface area contributed by atoms with Gasteiger partial charge in [0.15, 0.2) is 6.29 Å². The van der Waals surface area contributed by atoms with E-state index in [0.717, 1.165) is 4.57 Å².